The number of β-amino-alcohol motifs (C(OH)–C–C–N with tert-alkyl or cyclic N) is 1. The number of carboxylic acid groups (broad SMARTS) is 1. The number of hydrogen-bond acceptors (Lipinski definition) is 4. The molecule has 8 heteroatoms. The van der Waals surface area contributed by atoms with Crippen LogP contribution in [0.4, 0.5) is 10.5 Å². The zero-order valence-electron chi connectivity index (χ0n) is 8.83. The van der Waals surface area contributed by atoms with Crippen molar-refractivity contribution in [3.05, 3.63) is 12.4 Å². The molecule has 0 bridgehead atoms. The van der Waals surface area contributed by atoms with Crippen molar-refractivity contribution in [3.8, 4) is 0 Å². The van der Waals surface area contributed by atoms with Crippen LogP contribution in [0.2, 0.25) is 0 Å². The molecule has 2 atom stereocenters. The number of H-pyrrole nitrogens is 1. The van der Waals surface area contributed by atoms with Crippen molar-refractivity contribution in [2.24, 2.45) is 0 Å². The number of carboxylic acids is 1. The lowest BCUT2D eigenvalue weighted by Crippen LogP contribution is -2.42. The molecule has 2 heterocycles. The number of nitrogens with one attached hydrogen (secondary N) is 2. The highest BCUT2D eigenvalue weighted by atomic mass is 16.4. The minimum absolute atomic E-state index is 0.0145. The van der Waals surface area contributed by atoms with Crippen LogP contribution in [0.15, 0.2) is 12.4 Å². The highest BCUT2D eigenvalue weighted by Gasteiger charge is 2.38. The van der Waals surface area contributed by atoms with Gasteiger partial charge in [-0.15, -0.1) is 0 Å². The summed E-state index contributed by atoms with van der Waals surface area (Å²) >= 11 is 0. The number of carbonyl (C=O) groups is 2. The van der Waals surface area contributed by atoms with Crippen LogP contribution in [0.5, 0.6) is 0 Å². The first-order valence-corrected chi connectivity index (χ1v) is 5.05. The van der Waals surface area contributed by atoms with E-state index in [1.165, 1.54) is 12.4 Å². The minimum atomic E-state index is -1.12. The summed E-state index contributed by atoms with van der Waals surface area (Å²) in [5, 5.41) is 27.0. The third-order valence-corrected chi connectivity index (χ3v) is 2.57. The number of carbonyl (C=O) groups excluding carboxylic acids is 1. The second-order valence-corrected chi connectivity index (χ2v) is 3.81. The Hall–Kier alpha value is -2.09. The number of urea groups is 1. The van der Waals surface area contributed by atoms with E-state index in [2.05, 4.69) is 15.5 Å². The molecule has 8 nitrogen and oxygen atoms in total. The van der Waals surface area contributed by atoms with Gasteiger partial charge in [-0.2, -0.15) is 5.10 Å². The van der Waals surface area contributed by atoms with Gasteiger partial charge in [0, 0.05) is 19.2 Å². The fraction of sp³-hybridized carbons (Fsp3) is 0.444. The zero-order valence-corrected chi connectivity index (χ0v) is 8.83. The normalized spacial score (nSPS) is 23.7. The summed E-state index contributed by atoms with van der Waals surface area (Å²) in [6.45, 7) is 0.0145. The molecule has 0 saturated carbocycles. The fourth-order valence-corrected chi connectivity index (χ4v) is 1.79. The number of hydrogen-bond donors (Lipinski definition) is 4. The zero-order chi connectivity index (χ0) is 12.4. The molecule has 1 aromatic heterocycles. The summed E-state index contributed by atoms with van der Waals surface area (Å²) in [5.74, 6) is -1.12. The summed E-state index contributed by atoms with van der Waals surface area (Å²) in [7, 11) is 0. The Balaban J connectivity index is 2.05. The molecule has 1 aliphatic rings. The number of aliphatic hydroxyl groups is 1. The maximum Gasteiger partial charge on any atom is 0.326 e. The topological polar surface area (TPSA) is 119 Å². The van der Waals surface area contributed by atoms with Gasteiger partial charge in [0.1, 0.15) is 6.04 Å². The number of rotatable bonds is 2. The number of nitrogens with zero attached hydrogens (tertiary/aromatic N) is 2. The highest BCUT2D eigenvalue weighted by molar-refractivity contribution is 5.92. The first-order valence-electron chi connectivity index (χ1n) is 5.05. The van der Waals surface area contributed by atoms with Crippen LogP contribution in [-0.2, 0) is 4.79 Å². The molecule has 1 aliphatic heterocycles. The Morgan fingerprint density at radius 1 is 1.59 bits per heavy atom. The number of aromatic nitrogens is 2. The Morgan fingerprint density at radius 3 is 2.94 bits per heavy atom. The average Bonchev–Trinajstić information content (AvgIpc) is 2.86. The van der Waals surface area contributed by atoms with Crippen LogP contribution in [0, 0.1) is 0 Å². The monoisotopic (exact) mass is 240 g/mol. The van der Waals surface area contributed by atoms with E-state index < -0.39 is 24.1 Å². The van der Waals surface area contributed by atoms with E-state index >= 15 is 0 Å². The van der Waals surface area contributed by atoms with Gasteiger partial charge in [-0.25, -0.2) is 9.59 Å². The lowest BCUT2D eigenvalue weighted by atomic mass is 10.2. The Morgan fingerprint density at radius 2 is 2.35 bits per heavy atom. The van der Waals surface area contributed by atoms with Crippen LogP contribution in [0.25, 0.3) is 0 Å². The first-order chi connectivity index (χ1) is 8.08. The van der Waals surface area contributed by atoms with Crippen molar-refractivity contribution in [1.29, 1.82) is 0 Å². The quantitative estimate of drug-likeness (QED) is 0.553. The van der Waals surface area contributed by atoms with Gasteiger partial charge >= 0.3 is 12.0 Å². The van der Waals surface area contributed by atoms with Crippen LogP contribution in [-0.4, -0.2) is 56.0 Å². The summed E-state index contributed by atoms with van der Waals surface area (Å²) in [5.41, 5.74) is 0.445. The summed E-state index contributed by atoms with van der Waals surface area (Å²) in [6.07, 6.45) is 2.13. The van der Waals surface area contributed by atoms with Gasteiger partial charge in [0.25, 0.3) is 0 Å². The SMILES string of the molecule is O=C(O)C1CC(O)CN1C(=O)Nc1cn[nH]c1. The summed E-state index contributed by atoms with van der Waals surface area (Å²) < 4.78 is 0. The molecule has 0 radical (unpaired) electrons. The number of likely N-dealkylation sites (tertiary alicyclic amines) is 1. The lowest BCUT2D eigenvalue weighted by molar-refractivity contribution is -0.141. The number of aliphatic hydroxyl groups excluding tert-OH is 1. The third-order valence-electron chi connectivity index (χ3n) is 2.57. The van der Waals surface area contributed by atoms with E-state index in [9.17, 15) is 14.7 Å². The molecule has 0 aromatic carbocycles. The molecular weight excluding hydrogens is 228 g/mol. The second kappa shape index (κ2) is 4.42. The van der Waals surface area contributed by atoms with Gasteiger partial charge < -0.3 is 20.4 Å². The van der Waals surface area contributed by atoms with Crippen LogP contribution < -0.4 is 5.32 Å². The number of amides is 2. The highest BCUT2D eigenvalue weighted by Crippen LogP contribution is 2.19. The van der Waals surface area contributed by atoms with Gasteiger partial charge in [0.15, 0.2) is 0 Å². The van der Waals surface area contributed by atoms with Crippen molar-refractivity contribution >= 4 is 17.7 Å². The van der Waals surface area contributed by atoms with E-state index in [4.69, 9.17) is 5.11 Å². The first kappa shape index (κ1) is 11.4. The molecule has 92 valence electrons. The molecule has 0 spiro atoms. The predicted octanol–water partition coefficient (Wildman–Crippen LogP) is -0.539. The maximum absolute atomic E-state index is 11.8. The Bertz CT molecular complexity index is 419. The molecular formula is C9H12N4O4. The van der Waals surface area contributed by atoms with Crippen LogP contribution in [0.1, 0.15) is 6.42 Å². The van der Waals surface area contributed by atoms with E-state index in [1.54, 1.807) is 0 Å². The Kier molecular flexibility index (Phi) is 2.96. The van der Waals surface area contributed by atoms with Crippen molar-refractivity contribution in [1.82, 2.24) is 15.1 Å². The van der Waals surface area contributed by atoms with Gasteiger partial charge in [-0.1, -0.05) is 0 Å². The molecule has 1 fully saturated rings. The van der Waals surface area contributed by atoms with Crippen LogP contribution in [0.3, 0.4) is 0 Å². The van der Waals surface area contributed by atoms with E-state index in [0.29, 0.717) is 5.69 Å². The Labute approximate surface area is 96.2 Å². The molecule has 2 unspecified atom stereocenters. The molecule has 2 rings (SSSR count). The lowest BCUT2D eigenvalue weighted by Gasteiger charge is -2.20. The van der Waals surface area contributed by atoms with E-state index in [0.717, 1.165) is 4.90 Å². The van der Waals surface area contributed by atoms with Crippen LogP contribution >= 0.6 is 0 Å². The number of aliphatic carboxylic acids is 1. The van der Waals surface area contributed by atoms with Crippen molar-refractivity contribution < 1.29 is 19.8 Å². The largest absolute Gasteiger partial charge is 0.480 e. The van der Waals surface area contributed by atoms with Gasteiger partial charge in [-0.3, -0.25) is 5.10 Å². The summed E-state index contributed by atoms with van der Waals surface area (Å²) in [4.78, 5) is 23.8. The molecule has 17 heavy (non-hydrogen) atoms. The van der Waals surface area contributed by atoms with Gasteiger partial charge in [-0.05, 0) is 0 Å². The van der Waals surface area contributed by atoms with Crippen molar-refractivity contribution in [3.63, 3.8) is 0 Å². The molecule has 0 aliphatic carbocycles. The number of anilines is 1. The fourth-order valence-electron chi connectivity index (χ4n) is 1.79. The smallest absolute Gasteiger partial charge is 0.326 e. The van der Waals surface area contributed by atoms with Crippen molar-refractivity contribution in [2.75, 3.05) is 11.9 Å². The second-order valence-electron chi connectivity index (χ2n) is 3.81. The molecule has 4 N–H and O–H groups in total. The molecule has 1 saturated heterocycles. The molecule has 1 aromatic rings. The van der Waals surface area contributed by atoms with E-state index in [-0.39, 0.29) is 13.0 Å². The standard InChI is InChI=1S/C9H12N4O4/c14-6-1-7(8(15)16)13(4-6)9(17)12-5-2-10-11-3-5/h2-3,6-7,14H,1,4H2,(H,10,11)(H,12,17)(H,15,16). The van der Waals surface area contributed by atoms with Gasteiger partial charge in [0.05, 0.1) is 18.0 Å². The molecule has 2 amide bonds. The van der Waals surface area contributed by atoms with E-state index in [1.807, 2.05) is 0 Å². The van der Waals surface area contributed by atoms with Gasteiger partial charge in [0.2, 0.25) is 0 Å². The predicted molar refractivity (Wildman–Crippen MR) is 56.4 cm³/mol. The third kappa shape index (κ3) is 2.36. The average molecular weight is 240 g/mol. The summed E-state index contributed by atoms with van der Waals surface area (Å²) in [6, 6.07) is -1.55. The maximum atomic E-state index is 11.8. The minimum Gasteiger partial charge on any atom is -0.480 e. The number of aromatic amines is 1. The van der Waals surface area contributed by atoms with Crippen molar-refractivity contribution in [2.45, 2.75) is 18.6 Å².